The maximum absolute atomic E-state index is 12.7. The SMILES string of the molecule is CC[C@H](C)N(C(=O)COc1ccc(Cl)cc1[N+](=O)[O-])[C@H]1CCS(=O)(=O)C1. The first-order valence-electron chi connectivity index (χ1n) is 8.23. The molecule has 8 nitrogen and oxygen atoms in total. The molecule has 26 heavy (non-hydrogen) atoms. The number of hydrogen-bond donors (Lipinski definition) is 0. The van der Waals surface area contributed by atoms with Gasteiger partial charge in [0.1, 0.15) is 0 Å². The van der Waals surface area contributed by atoms with E-state index in [1.54, 1.807) is 0 Å². The Hall–Kier alpha value is -1.87. The van der Waals surface area contributed by atoms with Gasteiger partial charge in [-0.25, -0.2) is 8.42 Å². The highest BCUT2D eigenvalue weighted by atomic mass is 35.5. The molecule has 1 amide bonds. The van der Waals surface area contributed by atoms with Crippen molar-refractivity contribution in [1.82, 2.24) is 4.90 Å². The maximum atomic E-state index is 12.7. The minimum Gasteiger partial charge on any atom is -0.477 e. The van der Waals surface area contributed by atoms with E-state index in [4.69, 9.17) is 16.3 Å². The molecule has 0 N–H and O–H groups in total. The lowest BCUT2D eigenvalue weighted by molar-refractivity contribution is -0.385. The van der Waals surface area contributed by atoms with Crippen molar-refractivity contribution in [2.75, 3.05) is 18.1 Å². The van der Waals surface area contributed by atoms with Crippen LogP contribution in [0.2, 0.25) is 5.02 Å². The summed E-state index contributed by atoms with van der Waals surface area (Å²) in [5.74, 6) is -0.465. The number of nitro groups is 1. The fourth-order valence-electron chi connectivity index (χ4n) is 2.97. The number of carbonyl (C=O) groups excluding carboxylic acids is 1. The van der Waals surface area contributed by atoms with E-state index in [9.17, 15) is 23.3 Å². The van der Waals surface area contributed by atoms with Crippen LogP contribution >= 0.6 is 11.6 Å². The number of rotatable bonds is 7. The van der Waals surface area contributed by atoms with Gasteiger partial charge in [-0.1, -0.05) is 18.5 Å². The molecule has 0 aromatic heterocycles. The van der Waals surface area contributed by atoms with Gasteiger partial charge in [0.2, 0.25) is 0 Å². The summed E-state index contributed by atoms with van der Waals surface area (Å²) < 4.78 is 28.9. The van der Waals surface area contributed by atoms with Gasteiger partial charge >= 0.3 is 5.69 Å². The van der Waals surface area contributed by atoms with E-state index >= 15 is 0 Å². The van der Waals surface area contributed by atoms with Crippen LogP contribution in [-0.4, -0.2) is 54.3 Å². The molecular weight excluding hydrogens is 384 g/mol. The van der Waals surface area contributed by atoms with Crippen molar-refractivity contribution in [3.05, 3.63) is 33.3 Å². The monoisotopic (exact) mass is 404 g/mol. The van der Waals surface area contributed by atoms with Gasteiger partial charge in [0, 0.05) is 23.2 Å². The van der Waals surface area contributed by atoms with Crippen molar-refractivity contribution in [3.63, 3.8) is 0 Å². The number of halogens is 1. The quantitative estimate of drug-likeness (QED) is 0.510. The Labute approximate surface area is 157 Å². The van der Waals surface area contributed by atoms with Crippen molar-refractivity contribution < 1.29 is 22.9 Å². The van der Waals surface area contributed by atoms with Gasteiger partial charge < -0.3 is 9.64 Å². The zero-order valence-electron chi connectivity index (χ0n) is 14.6. The third kappa shape index (κ3) is 4.85. The Kier molecular flexibility index (Phi) is 6.46. The van der Waals surface area contributed by atoms with Gasteiger partial charge in [0.15, 0.2) is 22.2 Å². The first kappa shape index (κ1) is 20.4. The summed E-state index contributed by atoms with van der Waals surface area (Å²) >= 11 is 5.76. The summed E-state index contributed by atoms with van der Waals surface area (Å²) in [7, 11) is -3.14. The lowest BCUT2D eigenvalue weighted by atomic mass is 10.1. The highest BCUT2D eigenvalue weighted by Gasteiger charge is 2.36. The summed E-state index contributed by atoms with van der Waals surface area (Å²) in [6, 6.07) is 3.36. The van der Waals surface area contributed by atoms with Crippen molar-refractivity contribution in [3.8, 4) is 5.75 Å². The minimum absolute atomic E-state index is 0.0569. The Morgan fingerprint density at radius 2 is 2.19 bits per heavy atom. The lowest BCUT2D eigenvalue weighted by Crippen LogP contribution is -2.48. The molecule has 0 unspecified atom stereocenters. The van der Waals surface area contributed by atoms with Gasteiger partial charge in [0.25, 0.3) is 5.91 Å². The molecule has 0 saturated carbocycles. The normalized spacial score (nSPS) is 19.7. The molecule has 2 rings (SSSR count). The zero-order valence-corrected chi connectivity index (χ0v) is 16.1. The highest BCUT2D eigenvalue weighted by molar-refractivity contribution is 7.91. The summed E-state index contributed by atoms with van der Waals surface area (Å²) in [5, 5.41) is 11.3. The van der Waals surface area contributed by atoms with Gasteiger partial charge in [-0.3, -0.25) is 14.9 Å². The van der Waals surface area contributed by atoms with Crippen molar-refractivity contribution >= 4 is 33.0 Å². The molecule has 1 saturated heterocycles. The van der Waals surface area contributed by atoms with E-state index < -0.39 is 33.3 Å². The van der Waals surface area contributed by atoms with Gasteiger partial charge in [-0.05, 0) is 31.9 Å². The third-order valence-corrected chi connectivity index (χ3v) is 6.41. The predicted octanol–water partition coefficient (Wildman–Crippen LogP) is 2.44. The number of benzene rings is 1. The summed E-state index contributed by atoms with van der Waals surface area (Å²) in [5.41, 5.74) is -0.330. The van der Waals surface area contributed by atoms with Crippen LogP contribution in [0.4, 0.5) is 5.69 Å². The third-order valence-electron chi connectivity index (χ3n) is 4.42. The number of amides is 1. The summed E-state index contributed by atoms with van der Waals surface area (Å²) in [6.45, 7) is 3.33. The molecule has 10 heteroatoms. The smallest absolute Gasteiger partial charge is 0.312 e. The molecular formula is C16H21ClN2O6S. The maximum Gasteiger partial charge on any atom is 0.312 e. The van der Waals surface area contributed by atoms with Crippen molar-refractivity contribution in [2.24, 2.45) is 0 Å². The molecule has 0 radical (unpaired) electrons. The molecule has 144 valence electrons. The molecule has 2 atom stereocenters. The van der Waals surface area contributed by atoms with Crippen molar-refractivity contribution in [2.45, 2.75) is 38.8 Å². The number of nitrogens with zero attached hydrogens (tertiary/aromatic N) is 2. The largest absolute Gasteiger partial charge is 0.477 e. The van der Waals surface area contributed by atoms with E-state index in [1.807, 2.05) is 13.8 Å². The van der Waals surface area contributed by atoms with Crippen molar-refractivity contribution in [1.29, 1.82) is 0 Å². The van der Waals surface area contributed by atoms with Crippen LogP contribution in [0, 0.1) is 10.1 Å². The summed E-state index contributed by atoms with van der Waals surface area (Å²) in [4.78, 5) is 24.7. The van der Waals surface area contributed by atoms with Crippen LogP contribution in [-0.2, 0) is 14.6 Å². The average Bonchev–Trinajstić information content (AvgIpc) is 2.92. The van der Waals surface area contributed by atoms with Crippen LogP contribution in [0.15, 0.2) is 18.2 Å². The first-order chi connectivity index (χ1) is 12.1. The van der Waals surface area contributed by atoms with Crippen LogP contribution < -0.4 is 4.74 Å². The Morgan fingerprint density at radius 1 is 1.50 bits per heavy atom. The average molecular weight is 405 g/mol. The molecule has 1 heterocycles. The fraction of sp³-hybridized carbons (Fsp3) is 0.562. The fourth-order valence-corrected chi connectivity index (χ4v) is 4.85. The number of sulfone groups is 1. The molecule has 0 spiro atoms. The van der Waals surface area contributed by atoms with Crippen LogP contribution in [0.1, 0.15) is 26.7 Å². The molecule has 1 aliphatic rings. The Morgan fingerprint density at radius 3 is 2.73 bits per heavy atom. The first-order valence-corrected chi connectivity index (χ1v) is 10.4. The van der Waals surface area contributed by atoms with Gasteiger partial charge in [-0.15, -0.1) is 0 Å². The molecule has 1 aliphatic heterocycles. The molecule has 0 aliphatic carbocycles. The summed E-state index contributed by atoms with van der Waals surface area (Å²) in [6.07, 6.45) is 1.04. The highest BCUT2D eigenvalue weighted by Crippen LogP contribution is 2.30. The van der Waals surface area contributed by atoms with Gasteiger partial charge in [-0.2, -0.15) is 0 Å². The number of ether oxygens (including phenoxy) is 1. The topological polar surface area (TPSA) is 107 Å². The van der Waals surface area contributed by atoms with E-state index in [0.717, 1.165) is 6.07 Å². The van der Waals surface area contributed by atoms with E-state index in [1.165, 1.54) is 17.0 Å². The predicted molar refractivity (Wildman–Crippen MR) is 97.3 cm³/mol. The Balaban J connectivity index is 2.14. The second-order valence-electron chi connectivity index (χ2n) is 6.27. The second kappa shape index (κ2) is 8.22. The van der Waals surface area contributed by atoms with E-state index in [0.29, 0.717) is 12.8 Å². The number of hydrogen-bond acceptors (Lipinski definition) is 6. The second-order valence-corrected chi connectivity index (χ2v) is 8.94. The Bertz CT molecular complexity index is 798. The standard InChI is InChI=1S/C16H21ClN2O6S/c1-3-11(2)18(13-6-7-26(23,24)10-13)16(20)9-25-15-5-4-12(17)8-14(15)19(21)22/h4-5,8,11,13H,3,6-7,9-10H2,1-2H3/t11-,13-/m0/s1. The molecule has 1 aromatic carbocycles. The molecule has 0 bridgehead atoms. The molecule has 1 aromatic rings. The van der Waals surface area contributed by atoms with Crippen LogP contribution in [0.5, 0.6) is 5.75 Å². The number of nitro benzene ring substituents is 1. The van der Waals surface area contributed by atoms with E-state index in [2.05, 4.69) is 0 Å². The van der Waals surface area contributed by atoms with Crippen LogP contribution in [0.3, 0.4) is 0 Å². The van der Waals surface area contributed by atoms with Gasteiger partial charge in [0.05, 0.1) is 16.4 Å². The molecule has 1 fully saturated rings. The van der Waals surface area contributed by atoms with E-state index in [-0.39, 0.29) is 34.0 Å². The zero-order chi connectivity index (χ0) is 19.5. The van der Waals surface area contributed by atoms with Crippen LogP contribution in [0.25, 0.3) is 0 Å². The lowest BCUT2D eigenvalue weighted by Gasteiger charge is -2.33. The minimum atomic E-state index is -3.14. The number of carbonyl (C=O) groups is 1.